The Kier molecular flexibility index (Phi) is 5.81. The summed E-state index contributed by atoms with van der Waals surface area (Å²) in [4.78, 5) is 24.6. The normalized spacial score (nSPS) is 14.5. The predicted molar refractivity (Wildman–Crippen MR) is 107 cm³/mol. The first-order valence-electron chi connectivity index (χ1n) is 8.81. The third-order valence-corrected chi connectivity index (χ3v) is 4.48. The molecule has 0 bridgehead atoms. The van der Waals surface area contributed by atoms with Gasteiger partial charge in [-0.3, -0.25) is 9.59 Å². The monoisotopic (exact) mass is 384 g/mol. The number of benzene rings is 2. The molecule has 5 nitrogen and oxygen atoms in total. The van der Waals surface area contributed by atoms with Gasteiger partial charge in [0.2, 0.25) is 0 Å². The third kappa shape index (κ3) is 4.68. The van der Waals surface area contributed by atoms with Crippen molar-refractivity contribution in [1.29, 1.82) is 0 Å². The molecule has 0 saturated carbocycles. The van der Waals surface area contributed by atoms with E-state index < -0.39 is 0 Å². The number of ether oxygens (including phenoxy) is 1. The van der Waals surface area contributed by atoms with Gasteiger partial charge in [-0.2, -0.15) is 0 Å². The van der Waals surface area contributed by atoms with Crippen molar-refractivity contribution in [2.75, 3.05) is 11.9 Å². The molecule has 0 atom stereocenters. The van der Waals surface area contributed by atoms with Crippen LogP contribution in [-0.4, -0.2) is 18.4 Å². The Bertz CT molecular complexity index is 906. The fourth-order valence-electron chi connectivity index (χ4n) is 2.61. The second-order valence-corrected chi connectivity index (χ2v) is 7.14. The minimum Gasteiger partial charge on any atom is -0.449 e. The van der Waals surface area contributed by atoms with Gasteiger partial charge >= 0.3 is 0 Å². The molecule has 0 spiro atoms. The maximum atomic E-state index is 12.4. The number of anilines is 1. The van der Waals surface area contributed by atoms with Crippen LogP contribution < -0.4 is 15.4 Å². The van der Waals surface area contributed by atoms with Crippen LogP contribution in [0.3, 0.4) is 0 Å². The van der Waals surface area contributed by atoms with Crippen molar-refractivity contribution in [3.05, 3.63) is 64.4 Å². The summed E-state index contributed by atoms with van der Waals surface area (Å²) in [6.45, 7) is 4.82. The average molecular weight is 385 g/mol. The van der Waals surface area contributed by atoms with Crippen LogP contribution in [0.5, 0.6) is 5.75 Å². The first kappa shape index (κ1) is 19.0. The molecule has 0 saturated heterocycles. The maximum absolute atomic E-state index is 12.4. The van der Waals surface area contributed by atoms with Gasteiger partial charge in [-0.1, -0.05) is 43.6 Å². The number of hydrogen-bond donors (Lipinski definition) is 2. The highest BCUT2D eigenvalue weighted by Gasteiger charge is 2.23. The summed E-state index contributed by atoms with van der Waals surface area (Å²) < 4.78 is 5.71. The van der Waals surface area contributed by atoms with Crippen LogP contribution in [-0.2, 0) is 4.79 Å². The number of nitrogens with one attached hydrogen (secondary N) is 2. The van der Waals surface area contributed by atoms with E-state index in [0.717, 1.165) is 6.42 Å². The van der Waals surface area contributed by atoms with E-state index in [1.807, 2.05) is 12.1 Å². The highest BCUT2D eigenvalue weighted by molar-refractivity contribution is 6.32. The molecule has 140 valence electrons. The summed E-state index contributed by atoms with van der Waals surface area (Å²) in [5.41, 5.74) is 1.63. The zero-order valence-electron chi connectivity index (χ0n) is 15.2. The molecule has 0 unspecified atom stereocenters. The molecule has 0 fully saturated rings. The second-order valence-electron chi connectivity index (χ2n) is 6.74. The molecule has 0 aliphatic carbocycles. The first-order valence-corrected chi connectivity index (χ1v) is 9.19. The van der Waals surface area contributed by atoms with Crippen molar-refractivity contribution in [3.8, 4) is 5.75 Å². The minimum absolute atomic E-state index is 0.143. The minimum atomic E-state index is -0.389. The molecule has 2 aromatic carbocycles. The SMILES string of the molecule is CC(C)CCNC(=O)c1ccc2c(c1)NC(=O)C(=Cc1ccccc1Cl)O2. The quantitative estimate of drug-likeness (QED) is 0.746. The smallest absolute Gasteiger partial charge is 0.291 e. The van der Waals surface area contributed by atoms with Gasteiger partial charge < -0.3 is 15.4 Å². The summed E-state index contributed by atoms with van der Waals surface area (Å²) in [5.74, 6) is 0.575. The van der Waals surface area contributed by atoms with Gasteiger partial charge in [-0.05, 0) is 48.2 Å². The van der Waals surface area contributed by atoms with Gasteiger partial charge in [-0.25, -0.2) is 0 Å². The van der Waals surface area contributed by atoms with Gasteiger partial charge in [0.15, 0.2) is 11.5 Å². The van der Waals surface area contributed by atoms with Crippen LogP contribution in [0.2, 0.25) is 5.02 Å². The zero-order chi connectivity index (χ0) is 19.4. The molecule has 2 aromatic rings. The molecular formula is C21H21ClN2O3. The maximum Gasteiger partial charge on any atom is 0.291 e. The molecular weight excluding hydrogens is 364 g/mol. The van der Waals surface area contributed by atoms with Crippen molar-refractivity contribution in [3.63, 3.8) is 0 Å². The van der Waals surface area contributed by atoms with Crippen LogP contribution >= 0.6 is 11.6 Å². The molecule has 2 N–H and O–H groups in total. The summed E-state index contributed by atoms with van der Waals surface area (Å²) >= 11 is 6.13. The van der Waals surface area contributed by atoms with Gasteiger partial charge in [0.25, 0.3) is 11.8 Å². The molecule has 27 heavy (non-hydrogen) atoms. The largest absolute Gasteiger partial charge is 0.449 e. The summed E-state index contributed by atoms with van der Waals surface area (Å²) in [7, 11) is 0. The number of rotatable bonds is 5. The predicted octanol–water partition coefficient (Wildman–Crippen LogP) is 4.49. The van der Waals surface area contributed by atoms with E-state index in [1.54, 1.807) is 36.4 Å². The Morgan fingerprint density at radius 2 is 2.04 bits per heavy atom. The van der Waals surface area contributed by atoms with Crippen LogP contribution in [0.4, 0.5) is 5.69 Å². The lowest BCUT2D eigenvalue weighted by Crippen LogP contribution is -2.27. The fourth-order valence-corrected chi connectivity index (χ4v) is 2.80. The molecule has 1 aliphatic rings. The van der Waals surface area contributed by atoms with Crippen molar-refractivity contribution in [2.45, 2.75) is 20.3 Å². The van der Waals surface area contributed by atoms with E-state index in [-0.39, 0.29) is 17.6 Å². The average Bonchev–Trinajstić information content (AvgIpc) is 2.63. The van der Waals surface area contributed by atoms with Crippen LogP contribution in [0, 0.1) is 5.92 Å². The van der Waals surface area contributed by atoms with Crippen LogP contribution in [0.1, 0.15) is 36.2 Å². The van der Waals surface area contributed by atoms with E-state index in [9.17, 15) is 9.59 Å². The molecule has 0 aromatic heterocycles. The summed E-state index contributed by atoms with van der Waals surface area (Å²) in [6, 6.07) is 12.1. The number of amides is 2. The van der Waals surface area contributed by atoms with Crippen molar-refractivity contribution < 1.29 is 14.3 Å². The molecule has 1 heterocycles. The zero-order valence-corrected chi connectivity index (χ0v) is 16.0. The van der Waals surface area contributed by atoms with E-state index in [2.05, 4.69) is 24.5 Å². The highest BCUT2D eigenvalue weighted by Crippen LogP contribution is 2.33. The van der Waals surface area contributed by atoms with Crippen molar-refractivity contribution in [1.82, 2.24) is 5.32 Å². The van der Waals surface area contributed by atoms with Gasteiger partial charge in [0, 0.05) is 17.1 Å². The Morgan fingerprint density at radius 1 is 1.26 bits per heavy atom. The molecule has 2 amide bonds. The van der Waals surface area contributed by atoms with Gasteiger partial charge in [-0.15, -0.1) is 0 Å². The van der Waals surface area contributed by atoms with Gasteiger partial charge in [0.1, 0.15) is 0 Å². The van der Waals surface area contributed by atoms with E-state index >= 15 is 0 Å². The Morgan fingerprint density at radius 3 is 2.78 bits per heavy atom. The number of hydrogen-bond acceptors (Lipinski definition) is 3. The Hall–Kier alpha value is -2.79. The Balaban J connectivity index is 1.76. The number of carbonyl (C=O) groups excluding carboxylic acids is 2. The lowest BCUT2D eigenvalue weighted by atomic mass is 10.1. The third-order valence-electron chi connectivity index (χ3n) is 4.13. The Labute approximate surface area is 163 Å². The van der Waals surface area contributed by atoms with Crippen LogP contribution in [0.15, 0.2) is 48.2 Å². The molecule has 1 aliphatic heterocycles. The number of halogens is 1. The topological polar surface area (TPSA) is 67.4 Å². The van der Waals surface area contributed by atoms with Gasteiger partial charge in [0.05, 0.1) is 5.69 Å². The highest BCUT2D eigenvalue weighted by atomic mass is 35.5. The standard InChI is InChI=1S/C21H21ClN2O3/c1-13(2)9-10-23-20(25)15-7-8-18-17(11-15)24-21(26)19(27-18)12-14-5-3-4-6-16(14)22/h3-8,11-13H,9-10H2,1-2H3,(H,23,25)(H,24,26). The summed E-state index contributed by atoms with van der Waals surface area (Å²) in [5, 5.41) is 6.17. The van der Waals surface area contributed by atoms with Crippen molar-refractivity contribution in [2.24, 2.45) is 5.92 Å². The number of carbonyl (C=O) groups is 2. The first-order chi connectivity index (χ1) is 12.9. The molecule has 3 rings (SSSR count). The second kappa shape index (κ2) is 8.27. The van der Waals surface area contributed by atoms with Crippen LogP contribution in [0.25, 0.3) is 6.08 Å². The van der Waals surface area contributed by atoms with E-state index in [1.165, 1.54) is 0 Å². The lowest BCUT2D eigenvalue weighted by molar-refractivity contribution is -0.115. The summed E-state index contributed by atoms with van der Waals surface area (Å²) in [6.07, 6.45) is 2.50. The van der Waals surface area contributed by atoms with E-state index in [0.29, 0.717) is 40.0 Å². The van der Waals surface area contributed by atoms with E-state index in [4.69, 9.17) is 16.3 Å². The molecule has 0 radical (unpaired) electrons. The molecule has 6 heteroatoms. The van der Waals surface area contributed by atoms with Crippen molar-refractivity contribution >= 4 is 35.2 Å². The number of fused-ring (bicyclic) bond motifs is 1. The lowest BCUT2D eigenvalue weighted by Gasteiger charge is -2.20. The fraction of sp³-hybridized carbons (Fsp3) is 0.238.